The Morgan fingerprint density at radius 1 is 1.08 bits per heavy atom. The van der Waals surface area contributed by atoms with Gasteiger partial charge in [-0.25, -0.2) is 0 Å². The van der Waals surface area contributed by atoms with Crippen LogP contribution in [0.25, 0.3) is 0 Å². The smallest absolute Gasteiger partial charge is 0.223 e. The first-order valence-corrected chi connectivity index (χ1v) is 9.38. The number of rotatable bonds is 6. The predicted molar refractivity (Wildman–Crippen MR) is 100 cm³/mol. The Hall–Kier alpha value is -2.49. The quantitative estimate of drug-likeness (QED) is 0.790. The molecule has 2 aliphatic rings. The van der Waals surface area contributed by atoms with E-state index in [1.165, 1.54) is 18.4 Å². The molecule has 0 bridgehead atoms. The van der Waals surface area contributed by atoms with Crippen molar-refractivity contribution in [3.05, 3.63) is 59.7 Å². The molecule has 4 heteroatoms. The number of carbonyl (C=O) groups excluding carboxylic acids is 1. The summed E-state index contributed by atoms with van der Waals surface area (Å²) in [6, 6.07) is 16.3. The van der Waals surface area contributed by atoms with Gasteiger partial charge in [-0.05, 0) is 47.9 Å². The highest BCUT2D eigenvalue weighted by molar-refractivity contribution is 5.77. The second-order valence-corrected chi connectivity index (χ2v) is 7.29. The first-order chi connectivity index (χ1) is 12.7. The van der Waals surface area contributed by atoms with Gasteiger partial charge in [0.05, 0.1) is 0 Å². The third kappa shape index (κ3) is 3.85. The lowest BCUT2D eigenvalue weighted by Crippen LogP contribution is -2.28. The van der Waals surface area contributed by atoms with Gasteiger partial charge in [0.25, 0.3) is 0 Å². The van der Waals surface area contributed by atoms with E-state index in [1.807, 2.05) is 36.2 Å². The van der Waals surface area contributed by atoms with E-state index < -0.39 is 0 Å². The van der Waals surface area contributed by atoms with E-state index in [0.717, 1.165) is 17.1 Å². The summed E-state index contributed by atoms with van der Waals surface area (Å²) in [5.41, 5.74) is 2.35. The van der Waals surface area contributed by atoms with Crippen molar-refractivity contribution in [3.63, 3.8) is 0 Å². The number of amides is 1. The van der Waals surface area contributed by atoms with Crippen molar-refractivity contribution in [2.75, 3.05) is 20.3 Å². The lowest BCUT2D eigenvalue weighted by atomic mass is 9.90. The molecule has 2 aromatic carbocycles. The van der Waals surface area contributed by atoms with Gasteiger partial charge in [0.15, 0.2) is 11.5 Å². The van der Waals surface area contributed by atoms with Crippen LogP contribution in [0.5, 0.6) is 11.5 Å². The molecule has 1 aliphatic carbocycles. The van der Waals surface area contributed by atoms with Crippen LogP contribution in [0, 0.1) is 5.92 Å². The zero-order valence-electron chi connectivity index (χ0n) is 15.2. The number of fused-ring (bicyclic) bond motifs is 1. The maximum atomic E-state index is 12.8. The Morgan fingerprint density at radius 3 is 2.54 bits per heavy atom. The van der Waals surface area contributed by atoms with Crippen LogP contribution in [0.15, 0.2) is 48.5 Å². The Kier molecular flexibility index (Phi) is 4.83. The van der Waals surface area contributed by atoms with Gasteiger partial charge in [-0.1, -0.05) is 36.4 Å². The van der Waals surface area contributed by atoms with Gasteiger partial charge in [-0.15, -0.1) is 0 Å². The van der Waals surface area contributed by atoms with Crippen LogP contribution in [-0.2, 0) is 11.3 Å². The molecule has 0 spiro atoms. The van der Waals surface area contributed by atoms with Crippen molar-refractivity contribution < 1.29 is 14.3 Å². The van der Waals surface area contributed by atoms with Gasteiger partial charge in [0, 0.05) is 20.0 Å². The highest BCUT2D eigenvalue weighted by Crippen LogP contribution is 2.46. The van der Waals surface area contributed by atoms with E-state index in [0.29, 0.717) is 32.1 Å². The van der Waals surface area contributed by atoms with Crippen LogP contribution in [0.3, 0.4) is 0 Å². The van der Waals surface area contributed by atoms with E-state index in [9.17, 15) is 4.79 Å². The lowest BCUT2D eigenvalue weighted by molar-refractivity contribution is -0.131. The molecule has 136 valence electrons. The van der Waals surface area contributed by atoms with E-state index in [1.54, 1.807) is 0 Å². The van der Waals surface area contributed by atoms with Gasteiger partial charge in [0.1, 0.15) is 13.2 Å². The van der Waals surface area contributed by atoms with Crippen molar-refractivity contribution in [1.29, 1.82) is 0 Å². The SMILES string of the molecule is CN(Cc1ccccc1)C(=O)CC(c1ccc2c(c1)OCCO2)C1CC1. The highest BCUT2D eigenvalue weighted by Gasteiger charge is 2.35. The molecule has 1 aliphatic heterocycles. The summed E-state index contributed by atoms with van der Waals surface area (Å²) in [5.74, 6) is 2.68. The minimum absolute atomic E-state index is 0.195. The summed E-state index contributed by atoms with van der Waals surface area (Å²) in [5, 5.41) is 0. The van der Waals surface area contributed by atoms with Gasteiger partial charge >= 0.3 is 0 Å². The Balaban J connectivity index is 1.46. The minimum atomic E-state index is 0.195. The van der Waals surface area contributed by atoms with Gasteiger partial charge in [0.2, 0.25) is 5.91 Å². The largest absolute Gasteiger partial charge is 0.486 e. The molecule has 1 saturated carbocycles. The van der Waals surface area contributed by atoms with E-state index in [-0.39, 0.29) is 11.8 Å². The fourth-order valence-electron chi connectivity index (χ4n) is 3.64. The molecule has 4 rings (SSSR count). The van der Waals surface area contributed by atoms with Crippen LogP contribution < -0.4 is 9.47 Å². The number of nitrogens with zero attached hydrogens (tertiary/aromatic N) is 1. The predicted octanol–water partition coefficient (Wildman–Crippen LogP) is 4.00. The van der Waals surface area contributed by atoms with Crippen LogP contribution in [-0.4, -0.2) is 31.1 Å². The molecule has 0 saturated heterocycles. The zero-order valence-corrected chi connectivity index (χ0v) is 15.2. The first kappa shape index (κ1) is 17.0. The fraction of sp³-hybridized carbons (Fsp3) is 0.409. The normalized spacial score (nSPS) is 16.8. The molecular formula is C22H25NO3. The maximum absolute atomic E-state index is 12.8. The molecule has 4 nitrogen and oxygen atoms in total. The number of carbonyl (C=O) groups is 1. The topological polar surface area (TPSA) is 38.8 Å². The van der Waals surface area contributed by atoms with Crippen molar-refractivity contribution in [3.8, 4) is 11.5 Å². The van der Waals surface area contributed by atoms with E-state index >= 15 is 0 Å². The first-order valence-electron chi connectivity index (χ1n) is 9.38. The molecule has 1 heterocycles. The number of hydrogen-bond donors (Lipinski definition) is 0. The van der Waals surface area contributed by atoms with Gasteiger partial charge < -0.3 is 14.4 Å². The third-order valence-electron chi connectivity index (χ3n) is 5.27. The highest BCUT2D eigenvalue weighted by atomic mass is 16.6. The zero-order chi connectivity index (χ0) is 17.9. The average Bonchev–Trinajstić information content (AvgIpc) is 3.51. The Morgan fingerprint density at radius 2 is 1.81 bits per heavy atom. The minimum Gasteiger partial charge on any atom is -0.486 e. The molecule has 0 aromatic heterocycles. The average molecular weight is 351 g/mol. The van der Waals surface area contributed by atoms with Gasteiger partial charge in [-0.2, -0.15) is 0 Å². The van der Waals surface area contributed by atoms with Crippen molar-refractivity contribution >= 4 is 5.91 Å². The standard InChI is InChI=1S/C22H25NO3/c1-23(15-16-5-3-2-4-6-16)22(24)14-19(17-7-8-17)18-9-10-20-21(13-18)26-12-11-25-20/h2-6,9-10,13,17,19H,7-8,11-12,14-15H2,1H3. The molecule has 1 atom stereocenters. The number of hydrogen-bond acceptors (Lipinski definition) is 3. The molecule has 2 aromatic rings. The summed E-state index contributed by atoms with van der Waals surface area (Å²) in [6.45, 7) is 1.84. The molecule has 1 amide bonds. The summed E-state index contributed by atoms with van der Waals surface area (Å²) in [4.78, 5) is 14.7. The van der Waals surface area contributed by atoms with Crippen LogP contribution in [0.4, 0.5) is 0 Å². The summed E-state index contributed by atoms with van der Waals surface area (Å²) in [6.07, 6.45) is 2.96. The van der Waals surface area contributed by atoms with Gasteiger partial charge in [-0.3, -0.25) is 4.79 Å². The fourth-order valence-corrected chi connectivity index (χ4v) is 3.64. The lowest BCUT2D eigenvalue weighted by Gasteiger charge is -2.24. The summed E-state index contributed by atoms with van der Waals surface area (Å²) in [7, 11) is 1.89. The Labute approximate surface area is 154 Å². The second kappa shape index (κ2) is 7.40. The summed E-state index contributed by atoms with van der Waals surface area (Å²) >= 11 is 0. The third-order valence-corrected chi connectivity index (χ3v) is 5.27. The number of benzene rings is 2. The van der Waals surface area contributed by atoms with Crippen LogP contribution >= 0.6 is 0 Å². The molecular weight excluding hydrogens is 326 g/mol. The van der Waals surface area contributed by atoms with Crippen molar-refractivity contribution in [1.82, 2.24) is 4.90 Å². The van der Waals surface area contributed by atoms with Crippen molar-refractivity contribution in [2.24, 2.45) is 5.92 Å². The number of ether oxygens (including phenoxy) is 2. The van der Waals surface area contributed by atoms with Crippen molar-refractivity contribution in [2.45, 2.75) is 31.7 Å². The van der Waals surface area contributed by atoms with Crippen LogP contribution in [0.1, 0.15) is 36.3 Å². The molecule has 0 radical (unpaired) electrons. The second-order valence-electron chi connectivity index (χ2n) is 7.29. The summed E-state index contributed by atoms with van der Waals surface area (Å²) < 4.78 is 11.3. The molecule has 0 N–H and O–H groups in total. The van der Waals surface area contributed by atoms with E-state index in [4.69, 9.17) is 9.47 Å². The molecule has 1 fully saturated rings. The van der Waals surface area contributed by atoms with Crippen LogP contribution in [0.2, 0.25) is 0 Å². The maximum Gasteiger partial charge on any atom is 0.223 e. The Bertz CT molecular complexity index is 770. The molecule has 26 heavy (non-hydrogen) atoms. The van der Waals surface area contributed by atoms with E-state index in [2.05, 4.69) is 24.3 Å². The monoisotopic (exact) mass is 351 g/mol. The molecule has 1 unspecified atom stereocenters.